The van der Waals surface area contributed by atoms with Gasteiger partial charge in [-0.05, 0) is 110 Å². The van der Waals surface area contributed by atoms with Crippen molar-refractivity contribution in [3.05, 3.63) is 59.7 Å². The molecular weight excluding hydrogens is 805 g/mol. The molecule has 0 bridgehead atoms. The number of hydrogen-bond acceptors (Lipinski definition) is 10. The zero-order valence-corrected chi connectivity index (χ0v) is 39.9. The Labute approximate surface area is 387 Å². The molecular formula is C54H88N2O8. The third-order valence-electron chi connectivity index (χ3n) is 13.5. The van der Waals surface area contributed by atoms with Crippen LogP contribution in [0, 0.1) is 23.7 Å². The van der Waals surface area contributed by atoms with Crippen LogP contribution in [-0.4, -0.2) is 57.7 Å². The number of ether oxygens (including phenoxy) is 2. The lowest BCUT2D eigenvalue weighted by Gasteiger charge is -2.41. The van der Waals surface area contributed by atoms with Gasteiger partial charge < -0.3 is 41.4 Å². The molecule has 0 spiro atoms. The van der Waals surface area contributed by atoms with Gasteiger partial charge in [-0.3, -0.25) is 9.59 Å². The van der Waals surface area contributed by atoms with Crippen LogP contribution in [0.4, 0.5) is 0 Å². The number of allylic oxidation sites excluding steroid dienone is 2. The number of hydrogen-bond donors (Lipinski definition) is 6. The Hall–Kier alpha value is -3.76. The average Bonchev–Trinajstić information content (AvgIpc) is 3.28. The molecule has 2 aromatic carbocycles. The van der Waals surface area contributed by atoms with Crippen LogP contribution in [-0.2, 0) is 31.9 Å². The van der Waals surface area contributed by atoms with Gasteiger partial charge in [0.1, 0.15) is 12.1 Å². The Morgan fingerprint density at radius 1 is 0.469 bits per heavy atom. The number of aromatic hydroxyl groups is 4. The van der Waals surface area contributed by atoms with Crippen LogP contribution < -0.4 is 11.5 Å². The maximum atomic E-state index is 12.5. The van der Waals surface area contributed by atoms with Crippen LogP contribution in [0.3, 0.4) is 0 Å². The SMILES string of the molecule is CCCCCCCCC1C(CCCCCC)C=CC(CCCCCCCCOC(=O)C(N)Cc2ccc(O)c(O)c2)C1CCCCCCCCOC(=O)C(N)Cc1ccc(O)c(O)c1. The van der Waals surface area contributed by atoms with Crippen molar-refractivity contribution in [1.82, 2.24) is 0 Å². The van der Waals surface area contributed by atoms with Gasteiger partial charge in [0.25, 0.3) is 0 Å². The summed E-state index contributed by atoms with van der Waals surface area (Å²) in [4.78, 5) is 24.9. The van der Waals surface area contributed by atoms with Crippen molar-refractivity contribution in [2.45, 2.75) is 206 Å². The predicted octanol–water partition coefficient (Wildman–Crippen LogP) is 12.3. The number of phenols is 4. The molecule has 0 heterocycles. The molecule has 10 heteroatoms. The van der Waals surface area contributed by atoms with Gasteiger partial charge in [-0.25, -0.2) is 0 Å². The van der Waals surface area contributed by atoms with Gasteiger partial charge in [-0.1, -0.05) is 167 Å². The first-order valence-electron chi connectivity index (χ1n) is 25.6. The molecule has 362 valence electrons. The highest BCUT2D eigenvalue weighted by atomic mass is 16.5. The van der Waals surface area contributed by atoms with Crippen LogP contribution in [0.15, 0.2) is 48.6 Å². The smallest absolute Gasteiger partial charge is 0.323 e. The minimum absolute atomic E-state index is 0.201. The van der Waals surface area contributed by atoms with Crippen molar-refractivity contribution in [3.8, 4) is 23.0 Å². The fourth-order valence-corrected chi connectivity index (χ4v) is 9.65. The molecule has 0 saturated carbocycles. The van der Waals surface area contributed by atoms with Gasteiger partial charge in [0.2, 0.25) is 0 Å². The zero-order valence-electron chi connectivity index (χ0n) is 39.9. The Morgan fingerprint density at radius 3 is 1.17 bits per heavy atom. The van der Waals surface area contributed by atoms with E-state index in [0.29, 0.717) is 36.2 Å². The number of nitrogens with two attached hydrogens (primary N) is 2. The van der Waals surface area contributed by atoms with Crippen molar-refractivity contribution in [2.75, 3.05) is 13.2 Å². The zero-order chi connectivity index (χ0) is 46.4. The van der Waals surface area contributed by atoms with Crippen molar-refractivity contribution in [3.63, 3.8) is 0 Å². The van der Waals surface area contributed by atoms with E-state index in [0.717, 1.165) is 50.4 Å². The second-order valence-electron chi connectivity index (χ2n) is 18.9. The monoisotopic (exact) mass is 893 g/mol. The molecule has 2 aromatic rings. The lowest BCUT2D eigenvalue weighted by atomic mass is 9.64. The van der Waals surface area contributed by atoms with E-state index in [9.17, 15) is 30.0 Å². The van der Waals surface area contributed by atoms with Crippen LogP contribution in [0.25, 0.3) is 0 Å². The summed E-state index contributed by atoms with van der Waals surface area (Å²) in [5.74, 6) is 1.18. The van der Waals surface area contributed by atoms with E-state index in [4.69, 9.17) is 20.9 Å². The van der Waals surface area contributed by atoms with Crippen LogP contribution >= 0.6 is 0 Å². The molecule has 0 aliphatic heterocycles. The minimum atomic E-state index is -0.812. The van der Waals surface area contributed by atoms with Crippen LogP contribution in [0.1, 0.15) is 192 Å². The van der Waals surface area contributed by atoms with Gasteiger partial charge >= 0.3 is 11.9 Å². The minimum Gasteiger partial charge on any atom is -0.504 e. The molecule has 64 heavy (non-hydrogen) atoms. The molecule has 10 nitrogen and oxygen atoms in total. The molecule has 8 N–H and O–H groups in total. The normalized spacial score (nSPS) is 18.2. The highest BCUT2D eigenvalue weighted by molar-refractivity contribution is 5.76. The third kappa shape index (κ3) is 21.9. The van der Waals surface area contributed by atoms with Gasteiger partial charge in [0.15, 0.2) is 23.0 Å². The molecule has 0 saturated heterocycles. The summed E-state index contributed by atoms with van der Waals surface area (Å²) in [5, 5.41) is 38.5. The number of unbranched alkanes of at least 4 members (excludes halogenated alkanes) is 18. The molecule has 6 unspecified atom stereocenters. The van der Waals surface area contributed by atoms with Gasteiger partial charge in [-0.2, -0.15) is 0 Å². The lowest BCUT2D eigenvalue weighted by Crippen LogP contribution is -2.34. The summed E-state index contributed by atoms with van der Waals surface area (Å²) < 4.78 is 10.9. The Morgan fingerprint density at radius 2 is 0.797 bits per heavy atom. The van der Waals surface area contributed by atoms with Crippen LogP contribution in [0.2, 0.25) is 0 Å². The molecule has 6 atom stereocenters. The van der Waals surface area contributed by atoms with Gasteiger partial charge in [0.05, 0.1) is 13.2 Å². The van der Waals surface area contributed by atoms with Gasteiger partial charge in [-0.15, -0.1) is 0 Å². The molecule has 0 amide bonds. The van der Waals surface area contributed by atoms with Crippen molar-refractivity contribution < 1.29 is 39.5 Å². The van der Waals surface area contributed by atoms with E-state index in [2.05, 4.69) is 26.0 Å². The average molecular weight is 893 g/mol. The fourth-order valence-electron chi connectivity index (χ4n) is 9.65. The lowest BCUT2D eigenvalue weighted by molar-refractivity contribution is -0.146. The third-order valence-corrected chi connectivity index (χ3v) is 13.5. The molecule has 1 aliphatic rings. The number of benzene rings is 2. The quantitative estimate of drug-likeness (QED) is 0.0166. The molecule has 0 aromatic heterocycles. The van der Waals surface area contributed by atoms with E-state index in [1.165, 1.54) is 153 Å². The Bertz CT molecular complexity index is 1600. The highest BCUT2D eigenvalue weighted by Gasteiger charge is 2.35. The summed E-state index contributed by atoms with van der Waals surface area (Å²) in [6.07, 6.45) is 37.8. The Kier molecular flexibility index (Phi) is 28.0. The number of esters is 2. The maximum Gasteiger partial charge on any atom is 0.323 e. The first-order valence-corrected chi connectivity index (χ1v) is 25.6. The molecule has 0 fully saturated rings. The molecule has 1 aliphatic carbocycles. The summed E-state index contributed by atoms with van der Waals surface area (Å²) >= 11 is 0. The predicted molar refractivity (Wildman–Crippen MR) is 259 cm³/mol. The van der Waals surface area contributed by atoms with Crippen molar-refractivity contribution in [1.29, 1.82) is 0 Å². The first kappa shape index (κ1) is 54.6. The Balaban J connectivity index is 1.41. The summed E-state index contributed by atoms with van der Waals surface area (Å²) in [7, 11) is 0. The van der Waals surface area contributed by atoms with E-state index in [-0.39, 0.29) is 35.8 Å². The summed E-state index contributed by atoms with van der Waals surface area (Å²) in [5.41, 5.74) is 13.4. The van der Waals surface area contributed by atoms with Crippen molar-refractivity contribution >= 4 is 11.9 Å². The first-order chi connectivity index (χ1) is 31.0. The molecule has 3 rings (SSSR count). The highest BCUT2D eigenvalue weighted by Crippen LogP contribution is 2.44. The number of phenolic OH excluding ortho intramolecular Hbond substituents is 4. The summed E-state index contributed by atoms with van der Waals surface area (Å²) in [6.45, 7) is 5.33. The topological polar surface area (TPSA) is 186 Å². The van der Waals surface area contributed by atoms with E-state index in [1.54, 1.807) is 12.1 Å². The second-order valence-corrected chi connectivity index (χ2v) is 18.9. The van der Waals surface area contributed by atoms with Gasteiger partial charge in [0, 0.05) is 0 Å². The van der Waals surface area contributed by atoms with Crippen molar-refractivity contribution in [2.24, 2.45) is 35.1 Å². The van der Waals surface area contributed by atoms with E-state index >= 15 is 0 Å². The molecule has 0 radical (unpaired) electrons. The number of carbonyl (C=O) groups is 2. The van der Waals surface area contributed by atoms with E-state index in [1.807, 2.05) is 0 Å². The van der Waals surface area contributed by atoms with E-state index < -0.39 is 24.0 Å². The standard InChI is InChI=1S/C54H88N2O8/c1-3-5-7-9-15-21-27-45-43(25-19-8-6-4-2)31-32-44(26-20-14-10-12-17-23-35-63-53(61)47(55)37-41-29-33-49(57)51(59)39-41)46(45)28-22-16-11-13-18-24-36-64-54(62)48(56)38-42-30-34-50(58)52(60)40-42/h29-34,39-40,43-48,57-60H,3-28,35-38,55-56H2,1-2H3. The fraction of sp³-hybridized carbons (Fsp3) is 0.704. The number of rotatable bonds is 36. The largest absolute Gasteiger partial charge is 0.504 e. The maximum absolute atomic E-state index is 12.5. The second kappa shape index (κ2) is 32.8. The van der Waals surface area contributed by atoms with Crippen LogP contribution in [0.5, 0.6) is 23.0 Å². The number of carbonyl (C=O) groups excluding carboxylic acids is 2. The summed E-state index contributed by atoms with van der Waals surface area (Å²) in [6, 6.07) is 7.29.